The highest BCUT2D eigenvalue weighted by atomic mass is 15.2. The Kier molecular flexibility index (Phi) is 4.91. The molecule has 2 bridgehead atoms. The van der Waals surface area contributed by atoms with Crippen molar-refractivity contribution in [1.29, 1.82) is 0 Å². The maximum atomic E-state index is 6.17. The molecule has 3 N–H and O–H groups in total. The van der Waals surface area contributed by atoms with E-state index in [-0.39, 0.29) is 5.54 Å². The molecule has 1 unspecified atom stereocenters. The highest BCUT2D eigenvalue weighted by Gasteiger charge is 2.45. The van der Waals surface area contributed by atoms with Crippen molar-refractivity contribution in [3.63, 3.8) is 0 Å². The third-order valence-electron chi connectivity index (χ3n) is 5.64. The van der Waals surface area contributed by atoms with Gasteiger partial charge in [-0.25, -0.2) is 0 Å². The number of fused-ring (bicyclic) bond motifs is 3. The molecule has 0 aliphatic carbocycles. The van der Waals surface area contributed by atoms with Gasteiger partial charge in [0, 0.05) is 18.6 Å². The third kappa shape index (κ3) is 3.14. The molecule has 3 aliphatic rings. The Hall–Kier alpha value is -0.120. The van der Waals surface area contributed by atoms with Crippen LogP contribution in [-0.4, -0.2) is 43.2 Å². The van der Waals surface area contributed by atoms with Crippen LogP contribution in [0.4, 0.5) is 0 Å². The summed E-state index contributed by atoms with van der Waals surface area (Å²) in [5.74, 6) is 3.02. The summed E-state index contributed by atoms with van der Waals surface area (Å²) in [5.41, 5.74) is 6.37. The van der Waals surface area contributed by atoms with Gasteiger partial charge >= 0.3 is 0 Å². The molecule has 19 heavy (non-hydrogen) atoms. The first-order valence-corrected chi connectivity index (χ1v) is 8.16. The third-order valence-corrected chi connectivity index (χ3v) is 5.64. The maximum absolute atomic E-state index is 6.17. The summed E-state index contributed by atoms with van der Waals surface area (Å²) in [6.07, 6.45) is 2.66. The van der Waals surface area contributed by atoms with Crippen LogP contribution in [-0.2, 0) is 0 Å². The van der Waals surface area contributed by atoms with Crippen molar-refractivity contribution in [3.05, 3.63) is 0 Å². The van der Waals surface area contributed by atoms with Crippen LogP contribution in [0.2, 0.25) is 0 Å². The number of rotatable bonds is 6. The van der Waals surface area contributed by atoms with Gasteiger partial charge < -0.3 is 16.0 Å². The van der Waals surface area contributed by atoms with Crippen LogP contribution in [0, 0.1) is 23.7 Å². The lowest BCUT2D eigenvalue weighted by atomic mass is 9.72. The largest absolute Gasteiger partial charge is 0.329 e. The van der Waals surface area contributed by atoms with Crippen molar-refractivity contribution in [2.75, 3.05) is 32.7 Å². The molecule has 0 aromatic heterocycles. The molecule has 3 heteroatoms. The summed E-state index contributed by atoms with van der Waals surface area (Å²) in [5, 5.41) is 3.91. The number of nitrogens with two attached hydrogens (primary N) is 1. The van der Waals surface area contributed by atoms with Gasteiger partial charge in [0.25, 0.3) is 0 Å². The number of nitrogens with zero attached hydrogens (tertiary/aromatic N) is 1. The van der Waals surface area contributed by atoms with Crippen LogP contribution < -0.4 is 11.1 Å². The van der Waals surface area contributed by atoms with E-state index in [4.69, 9.17) is 5.73 Å². The molecule has 3 rings (SSSR count). The summed E-state index contributed by atoms with van der Waals surface area (Å²) in [7, 11) is 0. The summed E-state index contributed by atoms with van der Waals surface area (Å²) in [4.78, 5) is 2.60. The van der Waals surface area contributed by atoms with Crippen LogP contribution in [0.1, 0.15) is 40.5 Å². The second-order valence-electron chi connectivity index (χ2n) is 7.44. The molecular formula is C16H33N3. The van der Waals surface area contributed by atoms with Crippen molar-refractivity contribution in [2.45, 2.75) is 46.1 Å². The zero-order chi connectivity index (χ0) is 14.0. The van der Waals surface area contributed by atoms with Crippen LogP contribution in [0.15, 0.2) is 0 Å². The monoisotopic (exact) mass is 267 g/mol. The molecule has 0 saturated carbocycles. The van der Waals surface area contributed by atoms with Gasteiger partial charge in [-0.05, 0) is 56.1 Å². The smallest absolute Gasteiger partial charge is 0.0462 e. The lowest BCUT2D eigenvalue weighted by Crippen LogP contribution is -2.69. The average Bonchev–Trinajstić information content (AvgIpc) is 2.39. The number of hydrogen-bond donors (Lipinski definition) is 2. The first kappa shape index (κ1) is 15.3. The number of piperidine rings is 3. The van der Waals surface area contributed by atoms with Crippen LogP contribution in [0.5, 0.6) is 0 Å². The molecule has 0 radical (unpaired) electrons. The van der Waals surface area contributed by atoms with E-state index in [1.54, 1.807) is 0 Å². The minimum atomic E-state index is 0.193. The molecule has 1 atom stereocenters. The predicted molar refractivity (Wildman–Crippen MR) is 82.1 cm³/mol. The minimum Gasteiger partial charge on any atom is -0.329 e. The van der Waals surface area contributed by atoms with Gasteiger partial charge in [0.15, 0.2) is 0 Å². The quantitative estimate of drug-likeness (QED) is 0.772. The maximum Gasteiger partial charge on any atom is 0.0462 e. The fourth-order valence-corrected chi connectivity index (χ4v) is 4.24. The van der Waals surface area contributed by atoms with E-state index in [1.807, 2.05) is 0 Å². The van der Waals surface area contributed by atoms with E-state index in [9.17, 15) is 0 Å². The lowest BCUT2D eigenvalue weighted by Gasteiger charge is -2.54. The molecule has 0 amide bonds. The molecule has 3 aliphatic heterocycles. The summed E-state index contributed by atoms with van der Waals surface area (Å²) in [6.45, 7) is 15.0. The standard InChI is InChI=1S/C16H33N3/c1-12(2)15(13(3)4)9-18-16(10-17)11-19-7-5-14(16)6-8-19/h12-15,18H,5-11,17H2,1-4H3. The summed E-state index contributed by atoms with van der Waals surface area (Å²) >= 11 is 0. The SMILES string of the molecule is CC(C)C(CNC1(CN)CN2CCC1CC2)C(C)C. The van der Waals surface area contributed by atoms with E-state index >= 15 is 0 Å². The van der Waals surface area contributed by atoms with E-state index in [0.29, 0.717) is 0 Å². The van der Waals surface area contributed by atoms with Gasteiger partial charge in [0.1, 0.15) is 0 Å². The van der Waals surface area contributed by atoms with Crippen molar-refractivity contribution >= 4 is 0 Å². The molecule has 3 heterocycles. The zero-order valence-electron chi connectivity index (χ0n) is 13.3. The van der Waals surface area contributed by atoms with Crippen molar-refractivity contribution in [3.8, 4) is 0 Å². The normalized spacial score (nSPS) is 34.7. The zero-order valence-corrected chi connectivity index (χ0v) is 13.3. The fraction of sp³-hybridized carbons (Fsp3) is 1.00. The highest BCUT2D eigenvalue weighted by molar-refractivity contribution is 5.05. The second-order valence-corrected chi connectivity index (χ2v) is 7.44. The highest BCUT2D eigenvalue weighted by Crippen LogP contribution is 2.35. The molecule has 112 valence electrons. The fourth-order valence-electron chi connectivity index (χ4n) is 4.24. The average molecular weight is 267 g/mol. The molecular weight excluding hydrogens is 234 g/mol. The van der Waals surface area contributed by atoms with Gasteiger partial charge in [-0.2, -0.15) is 0 Å². The Labute approximate surface area is 119 Å². The van der Waals surface area contributed by atoms with Crippen LogP contribution in [0.25, 0.3) is 0 Å². The van der Waals surface area contributed by atoms with Gasteiger partial charge in [-0.1, -0.05) is 27.7 Å². The summed E-state index contributed by atoms with van der Waals surface area (Å²) < 4.78 is 0. The Morgan fingerprint density at radius 2 is 1.74 bits per heavy atom. The Morgan fingerprint density at radius 3 is 2.11 bits per heavy atom. The van der Waals surface area contributed by atoms with Gasteiger partial charge in [0.2, 0.25) is 0 Å². The molecule has 3 fully saturated rings. The summed E-state index contributed by atoms with van der Waals surface area (Å²) in [6, 6.07) is 0. The van der Waals surface area contributed by atoms with Crippen molar-refractivity contribution in [2.24, 2.45) is 29.4 Å². The van der Waals surface area contributed by atoms with Gasteiger partial charge in [-0.3, -0.25) is 0 Å². The van der Waals surface area contributed by atoms with Crippen molar-refractivity contribution in [1.82, 2.24) is 10.2 Å². The topological polar surface area (TPSA) is 41.3 Å². The Balaban J connectivity index is 1.99. The Bertz CT molecular complexity index is 274. The van der Waals surface area contributed by atoms with Crippen molar-refractivity contribution < 1.29 is 0 Å². The van der Waals surface area contributed by atoms with E-state index in [2.05, 4.69) is 37.9 Å². The number of hydrogen-bond acceptors (Lipinski definition) is 3. The van der Waals surface area contributed by atoms with E-state index in [0.717, 1.165) is 43.3 Å². The lowest BCUT2D eigenvalue weighted by molar-refractivity contribution is 0.00638. The Morgan fingerprint density at radius 1 is 1.16 bits per heavy atom. The molecule has 3 nitrogen and oxygen atoms in total. The first-order chi connectivity index (χ1) is 8.98. The van der Waals surface area contributed by atoms with Crippen LogP contribution in [0.3, 0.4) is 0 Å². The van der Waals surface area contributed by atoms with Gasteiger partial charge in [-0.15, -0.1) is 0 Å². The van der Waals surface area contributed by atoms with E-state index < -0.39 is 0 Å². The van der Waals surface area contributed by atoms with Gasteiger partial charge in [0.05, 0.1) is 0 Å². The molecule has 3 saturated heterocycles. The molecule has 0 aromatic rings. The minimum absolute atomic E-state index is 0.193. The molecule has 0 spiro atoms. The van der Waals surface area contributed by atoms with E-state index in [1.165, 1.54) is 25.9 Å². The molecule has 0 aromatic carbocycles. The van der Waals surface area contributed by atoms with Crippen LogP contribution >= 0.6 is 0 Å². The first-order valence-electron chi connectivity index (χ1n) is 8.16. The second kappa shape index (κ2) is 6.11. The predicted octanol–water partition coefficient (Wildman–Crippen LogP) is 1.93. The number of nitrogens with one attached hydrogen (secondary N) is 1.